The van der Waals surface area contributed by atoms with Crippen LogP contribution in [0.1, 0.15) is 48.9 Å². The van der Waals surface area contributed by atoms with E-state index in [1.54, 1.807) is 6.07 Å². The third-order valence-electron chi connectivity index (χ3n) is 5.28. The van der Waals surface area contributed by atoms with Crippen molar-refractivity contribution in [1.29, 1.82) is 0 Å². The zero-order valence-corrected chi connectivity index (χ0v) is 12.8. The number of carboxylic acid groups (broad SMARTS) is 1. The first-order valence-corrected chi connectivity index (χ1v) is 7.69. The number of fused-ring (bicyclic) bond motifs is 1. The number of hydrogen-bond acceptors (Lipinski definition) is 3. The van der Waals surface area contributed by atoms with E-state index in [1.165, 1.54) is 11.1 Å². The molecule has 0 amide bonds. The Bertz CT molecular complexity index is 584. The van der Waals surface area contributed by atoms with Crippen molar-refractivity contribution in [3.05, 3.63) is 28.8 Å². The fourth-order valence-corrected chi connectivity index (χ4v) is 4.22. The number of nitrogens with zero attached hydrogens (tertiary/aromatic N) is 1. The van der Waals surface area contributed by atoms with Crippen LogP contribution >= 0.6 is 0 Å². The van der Waals surface area contributed by atoms with Crippen LogP contribution in [0.15, 0.2) is 12.1 Å². The standard InChI is InChI=1S/C17H23NO3/c1-9-4-5-14(19)16-13(6-10(2)15(9)16)18-7-11(3)12(8-18)17(20)21/h4-5,10-13,19H,6-8H2,1-3H3,(H,20,21)/t10?,11-,12-,13?/m1/s1. The third-order valence-corrected chi connectivity index (χ3v) is 5.28. The molecule has 114 valence electrons. The number of carboxylic acids is 1. The van der Waals surface area contributed by atoms with Gasteiger partial charge in [-0.05, 0) is 42.4 Å². The summed E-state index contributed by atoms with van der Waals surface area (Å²) in [6, 6.07) is 3.90. The summed E-state index contributed by atoms with van der Waals surface area (Å²) in [6.07, 6.45) is 0.965. The smallest absolute Gasteiger partial charge is 0.308 e. The molecule has 1 heterocycles. The Morgan fingerprint density at radius 1 is 1.24 bits per heavy atom. The Kier molecular flexibility index (Phi) is 3.44. The molecule has 2 unspecified atom stereocenters. The molecule has 0 bridgehead atoms. The van der Waals surface area contributed by atoms with Crippen LogP contribution in [0.25, 0.3) is 0 Å². The van der Waals surface area contributed by atoms with E-state index in [0.29, 0.717) is 18.2 Å². The predicted molar refractivity (Wildman–Crippen MR) is 80.5 cm³/mol. The highest BCUT2D eigenvalue weighted by molar-refractivity contribution is 5.71. The monoisotopic (exact) mass is 289 g/mol. The summed E-state index contributed by atoms with van der Waals surface area (Å²) in [4.78, 5) is 13.6. The number of rotatable bonds is 2. The van der Waals surface area contributed by atoms with E-state index in [1.807, 2.05) is 13.0 Å². The SMILES string of the molecule is Cc1ccc(O)c2c1C(C)CC2N1C[C@@H](C)[C@H](C(=O)O)C1. The topological polar surface area (TPSA) is 60.8 Å². The zero-order chi connectivity index (χ0) is 15.3. The van der Waals surface area contributed by atoms with Crippen molar-refractivity contribution in [3.8, 4) is 5.75 Å². The summed E-state index contributed by atoms with van der Waals surface area (Å²) in [7, 11) is 0. The van der Waals surface area contributed by atoms with E-state index in [0.717, 1.165) is 18.5 Å². The summed E-state index contributed by atoms with van der Waals surface area (Å²) in [5.41, 5.74) is 3.51. The summed E-state index contributed by atoms with van der Waals surface area (Å²) in [5, 5.41) is 19.6. The van der Waals surface area contributed by atoms with Gasteiger partial charge in [0.2, 0.25) is 0 Å². The molecule has 3 rings (SSSR count). The molecule has 0 radical (unpaired) electrons. The van der Waals surface area contributed by atoms with Crippen LogP contribution in [0.3, 0.4) is 0 Å². The van der Waals surface area contributed by atoms with E-state index in [2.05, 4.69) is 18.7 Å². The lowest BCUT2D eigenvalue weighted by molar-refractivity contribution is -0.142. The van der Waals surface area contributed by atoms with E-state index in [9.17, 15) is 15.0 Å². The average Bonchev–Trinajstić information content (AvgIpc) is 2.95. The van der Waals surface area contributed by atoms with Gasteiger partial charge in [0, 0.05) is 24.7 Å². The number of hydrogen-bond donors (Lipinski definition) is 2. The number of aromatic hydroxyl groups is 1. The molecule has 0 aromatic heterocycles. The number of aliphatic carboxylic acids is 1. The summed E-state index contributed by atoms with van der Waals surface area (Å²) in [6.45, 7) is 7.67. The minimum atomic E-state index is -0.704. The second-order valence-electron chi connectivity index (χ2n) is 6.76. The van der Waals surface area contributed by atoms with E-state index in [4.69, 9.17) is 0 Å². The highest BCUT2D eigenvalue weighted by Gasteiger charge is 2.42. The minimum Gasteiger partial charge on any atom is -0.508 e. The van der Waals surface area contributed by atoms with Crippen molar-refractivity contribution >= 4 is 5.97 Å². The van der Waals surface area contributed by atoms with Gasteiger partial charge in [0.25, 0.3) is 0 Å². The van der Waals surface area contributed by atoms with Crippen molar-refractivity contribution in [2.75, 3.05) is 13.1 Å². The van der Waals surface area contributed by atoms with Gasteiger partial charge in [-0.2, -0.15) is 0 Å². The van der Waals surface area contributed by atoms with Gasteiger partial charge in [0.05, 0.1) is 5.92 Å². The largest absolute Gasteiger partial charge is 0.508 e. The molecule has 1 aromatic carbocycles. The molecule has 2 N–H and O–H groups in total. The molecular formula is C17H23NO3. The van der Waals surface area contributed by atoms with Crippen molar-refractivity contribution in [2.45, 2.75) is 39.2 Å². The second kappa shape index (κ2) is 5.02. The summed E-state index contributed by atoms with van der Waals surface area (Å²) < 4.78 is 0. The lowest BCUT2D eigenvalue weighted by Gasteiger charge is -2.25. The quantitative estimate of drug-likeness (QED) is 0.879. The van der Waals surface area contributed by atoms with E-state index >= 15 is 0 Å². The first kappa shape index (κ1) is 14.4. The van der Waals surface area contributed by atoms with Gasteiger partial charge in [-0.1, -0.05) is 19.9 Å². The molecule has 1 aromatic rings. The zero-order valence-electron chi connectivity index (χ0n) is 12.8. The fraction of sp³-hybridized carbons (Fsp3) is 0.588. The van der Waals surface area contributed by atoms with Gasteiger partial charge in [0.15, 0.2) is 0 Å². The number of aryl methyl sites for hydroxylation is 1. The van der Waals surface area contributed by atoms with E-state index in [-0.39, 0.29) is 17.9 Å². The molecule has 0 spiro atoms. The first-order valence-electron chi connectivity index (χ1n) is 7.69. The van der Waals surface area contributed by atoms with Crippen LogP contribution in [0, 0.1) is 18.8 Å². The normalized spacial score (nSPS) is 32.3. The van der Waals surface area contributed by atoms with Crippen LogP contribution in [-0.4, -0.2) is 34.2 Å². The van der Waals surface area contributed by atoms with Crippen LogP contribution in [-0.2, 0) is 4.79 Å². The van der Waals surface area contributed by atoms with Crippen molar-refractivity contribution in [1.82, 2.24) is 4.90 Å². The Morgan fingerprint density at radius 3 is 2.57 bits per heavy atom. The number of likely N-dealkylation sites (tertiary alicyclic amines) is 1. The molecule has 0 saturated carbocycles. The summed E-state index contributed by atoms with van der Waals surface area (Å²) >= 11 is 0. The van der Waals surface area contributed by atoms with Gasteiger partial charge in [0.1, 0.15) is 5.75 Å². The molecule has 2 aliphatic rings. The molecule has 1 aliphatic carbocycles. The number of benzene rings is 1. The second-order valence-corrected chi connectivity index (χ2v) is 6.76. The highest BCUT2D eigenvalue weighted by atomic mass is 16.4. The van der Waals surface area contributed by atoms with Crippen LogP contribution in [0.2, 0.25) is 0 Å². The van der Waals surface area contributed by atoms with Crippen LogP contribution < -0.4 is 0 Å². The predicted octanol–water partition coefficient (Wildman–Crippen LogP) is 2.90. The maximum Gasteiger partial charge on any atom is 0.308 e. The fourth-order valence-electron chi connectivity index (χ4n) is 4.22. The lowest BCUT2D eigenvalue weighted by atomic mass is 9.97. The summed E-state index contributed by atoms with van der Waals surface area (Å²) in [5.74, 6) is -0.0671. The molecule has 1 aliphatic heterocycles. The Hall–Kier alpha value is -1.55. The minimum absolute atomic E-state index is 0.154. The van der Waals surface area contributed by atoms with Gasteiger partial charge < -0.3 is 10.2 Å². The Labute approximate surface area is 125 Å². The molecule has 1 saturated heterocycles. The lowest BCUT2D eigenvalue weighted by Crippen LogP contribution is -2.26. The van der Waals surface area contributed by atoms with Crippen LogP contribution in [0.5, 0.6) is 5.75 Å². The Balaban J connectivity index is 1.94. The van der Waals surface area contributed by atoms with Crippen LogP contribution in [0.4, 0.5) is 0 Å². The molecule has 4 heteroatoms. The maximum atomic E-state index is 11.3. The van der Waals surface area contributed by atoms with Crippen molar-refractivity contribution in [3.63, 3.8) is 0 Å². The van der Waals surface area contributed by atoms with Gasteiger partial charge in [-0.3, -0.25) is 9.69 Å². The Morgan fingerprint density at radius 2 is 1.95 bits per heavy atom. The number of carbonyl (C=O) groups is 1. The maximum absolute atomic E-state index is 11.3. The van der Waals surface area contributed by atoms with E-state index < -0.39 is 5.97 Å². The van der Waals surface area contributed by atoms with Gasteiger partial charge in [-0.15, -0.1) is 0 Å². The number of phenols is 1. The first-order chi connectivity index (χ1) is 9.90. The molecule has 21 heavy (non-hydrogen) atoms. The van der Waals surface area contributed by atoms with Crippen molar-refractivity contribution in [2.24, 2.45) is 11.8 Å². The van der Waals surface area contributed by atoms with Crippen molar-refractivity contribution < 1.29 is 15.0 Å². The highest BCUT2D eigenvalue weighted by Crippen LogP contribution is 2.50. The van der Waals surface area contributed by atoms with Gasteiger partial charge in [-0.25, -0.2) is 0 Å². The molecule has 1 fully saturated rings. The third kappa shape index (κ3) is 2.22. The molecule has 4 atom stereocenters. The number of phenolic OH excluding ortho intramolecular Hbond substituents is 1. The van der Waals surface area contributed by atoms with Gasteiger partial charge >= 0.3 is 5.97 Å². The average molecular weight is 289 g/mol. The molecular weight excluding hydrogens is 266 g/mol. The molecule has 4 nitrogen and oxygen atoms in total.